The molecule has 1 amide bonds. The van der Waals surface area contributed by atoms with Crippen LogP contribution < -0.4 is 0 Å². The van der Waals surface area contributed by atoms with E-state index in [0.29, 0.717) is 6.61 Å². The predicted octanol–water partition coefficient (Wildman–Crippen LogP) is 2.09. The number of nitrogens with zero attached hydrogens (tertiary/aromatic N) is 1. The predicted molar refractivity (Wildman–Crippen MR) is 49.1 cm³/mol. The lowest BCUT2D eigenvalue weighted by molar-refractivity contribution is 0.0965. The zero-order chi connectivity index (χ0) is 9.97. The molecule has 1 saturated heterocycles. The lowest BCUT2D eigenvalue weighted by Crippen LogP contribution is -2.12. The zero-order valence-corrected chi connectivity index (χ0v) is 7.84. The number of hydrogen-bond acceptors (Lipinski definition) is 3. The van der Waals surface area contributed by atoms with Gasteiger partial charge in [0.05, 0.1) is 6.61 Å². The van der Waals surface area contributed by atoms with Gasteiger partial charge in [-0.1, -0.05) is 30.3 Å². The molecule has 0 aliphatic carbocycles. The highest BCUT2D eigenvalue weighted by atomic mass is 16.9. The molecular weight excluding hydrogens is 182 g/mol. The average Bonchev–Trinajstić information content (AvgIpc) is 2.99. The Morgan fingerprint density at radius 2 is 2.21 bits per heavy atom. The van der Waals surface area contributed by atoms with E-state index in [-0.39, 0.29) is 6.23 Å². The summed E-state index contributed by atoms with van der Waals surface area (Å²) in [5.41, 5.74) is 0.959. The fourth-order valence-electron chi connectivity index (χ4n) is 1.22. The van der Waals surface area contributed by atoms with Crippen LogP contribution in [0.5, 0.6) is 0 Å². The van der Waals surface area contributed by atoms with Crippen molar-refractivity contribution >= 4 is 6.09 Å². The van der Waals surface area contributed by atoms with Gasteiger partial charge in [0.15, 0.2) is 0 Å². The first kappa shape index (κ1) is 9.02. The van der Waals surface area contributed by atoms with Crippen molar-refractivity contribution in [1.82, 2.24) is 5.06 Å². The molecule has 4 nitrogen and oxygen atoms in total. The molecule has 2 rings (SSSR count). The fraction of sp³-hybridized carbons (Fsp3) is 0.300. The Morgan fingerprint density at radius 1 is 1.50 bits per heavy atom. The highest BCUT2D eigenvalue weighted by Crippen LogP contribution is 2.37. The van der Waals surface area contributed by atoms with Crippen LogP contribution in [0.4, 0.5) is 4.79 Å². The molecule has 1 aromatic carbocycles. The summed E-state index contributed by atoms with van der Waals surface area (Å²) in [6, 6.07) is 9.54. The van der Waals surface area contributed by atoms with Gasteiger partial charge < -0.3 is 4.74 Å². The number of ether oxygens (including phenoxy) is 1. The van der Waals surface area contributed by atoms with Crippen LogP contribution in [0.2, 0.25) is 0 Å². The first-order chi connectivity index (χ1) is 6.83. The molecule has 1 unspecified atom stereocenters. The van der Waals surface area contributed by atoms with Gasteiger partial charge in [0.2, 0.25) is 6.23 Å². The van der Waals surface area contributed by atoms with Crippen LogP contribution in [0.15, 0.2) is 30.3 Å². The average molecular weight is 193 g/mol. The van der Waals surface area contributed by atoms with E-state index < -0.39 is 6.09 Å². The maximum absolute atomic E-state index is 11.2. The molecule has 0 N–H and O–H groups in total. The first-order valence-electron chi connectivity index (χ1n) is 4.50. The van der Waals surface area contributed by atoms with Crippen LogP contribution in [0.1, 0.15) is 18.7 Å². The summed E-state index contributed by atoms with van der Waals surface area (Å²) >= 11 is 0. The van der Waals surface area contributed by atoms with Gasteiger partial charge in [-0.15, -0.1) is 5.06 Å². The summed E-state index contributed by atoms with van der Waals surface area (Å²) in [6.07, 6.45) is -0.698. The number of benzene rings is 1. The van der Waals surface area contributed by atoms with E-state index in [1.807, 2.05) is 30.3 Å². The van der Waals surface area contributed by atoms with E-state index >= 15 is 0 Å². The largest absolute Gasteiger partial charge is 0.448 e. The van der Waals surface area contributed by atoms with Gasteiger partial charge in [-0.2, -0.15) is 0 Å². The fourth-order valence-corrected chi connectivity index (χ4v) is 1.22. The molecule has 1 atom stereocenters. The lowest BCUT2D eigenvalue weighted by atomic mass is 10.2. The van der Waals surface area contributed by atoms with E-state index in [2.05, 4.69) is 0 Å². The smallest absolute Gasteiger partial charge is 0.436 e. The summed E-state index contributed by atoms with van der Waals surface area (Å²) in [5, 5.41) is 1.22. The van der Waals surface area contributed by atoms with Crippen molar-refractivity contribution in [2.45, 2.75) is 13.2 Å². The van der Waals surface area contributed by atoms with Crippen LogP contribution in [0.3, 0.4) is 0 Å². The standard InChI is InChI=1S/C10H11NO3/c1-2-13-10(12)11-9(14-11)8-6-4-3-5-7-8/h3-7,9H,2H2,1H3. The number of hydrogen-bond donors (Lipinski definition) is 0. The van der Waals surface area contributed by atoms with Gasteiger partial charge in [0.25, 0.3) is 0 Å². The van der Waals surface area contributed by atoms with Gasteiger partial charge in [-0.25, -0.2) is 9.63 Å². The number of carbonyl (C=O) groups is 1. The summed E-state index contributed by atoms with van der Waals surface area (Å²) < 4.78 is 4.78. The molecule has 4 heteroatoms. The molecule has 0 saturated carbocycles. The number of carbonyl (C=O) groups excluding carboxylic acids is 1. The van der Waals surface area contributed by atoms with Crippen molar-refractivity contribution < 1.29 is 14.4 Å². The Bertz CT molecular complexity index is 325. The molecule has 1 aliphatic rings. The van der Waals surface area contributed by atoms with E-state index in [4.69, 9.17) is 9.57 Å². The highest BCUT2D eigenvalue weighted by molar-refractivity contribution is 5.68. The Balaban J connectivity index is 1.96. The van der Waals surface area contributed by atoms with Gasteiger partial charge >= 0.3 is 6.09 Å². The van der Waals surface area contributed by atoms with Gasteiger partial charge in [0.1, 0.15) is 0 Å². The van der Waals surface area contributed by atoms with Crippen molar-refractivity contribution in [3.05, 3.63) is 35.9 Å². The van der Waals surface area contributed by atoms with Crippen LogP contribution in [-0.4, -0.2) is 17.8 Å². The van der Waals surface area contributed by atoms with E-state index in [1.165, 1.54) is 5.06 Å². The molecule has 0 radical (unpaired) electrons. The van der Waals surface area contributed by atoms with Gasteiger partial charge in [-0.05, 0) is 6.92 Å². The maximum Gasteiger partial charge on any atom is 0.436 e. The van der Waals surface area contributed by atoms with E-state index in [0.717, 1.165) is 5.56 Å². The molecule has 0 aromatic heterocycles. The highest BCUT2D eigenvalue weighted by Gasteiger charge is 2.43. The second-order valence-electron chi connectivity index (χ2n) is 2.89. The third-order valence-electron chi connectivity index (χ3n) is 1.91. The van der Waals surface area contributed by atoms with Crippen LogP contribution in [-0.2, 0) is 9.57 Å². The van der Waals surface area contributed by atoms with Crippen molar-refractivity contribution in [2.75, 3.05) is 6.61 Å². The van der Waals surface area contributed by atoms with Crippen molar-refractivity contribution in [1.29, 1.82) is 0 Å². The summed E-state index contributed by atoms with van der Waals surface area (Å²) in [5.74, 6) is 0. The Morgan fingerprint density at radius 3 is 2.86 bits per heavy atom. The summed E-state index contributed by atoms with van der Waals surface area (Å²) in [4.78, 5) is 16.2. The zero-order valence-electron chi connectivity index (χ0n) is 7.84. The quantitative estimate of drug-likeness (QED) is 0.675. The maximum atomic E-state index is 11.2. The number of rotatable bonds is 2. The third kappa shape index (κ3) is 1.70. The monoisotopic (exact) mass is 193 g/mol. The second kappa shape index (κ2) is 3.67. The second-order valence-corrected chi connectivity index (χ2v) is 2.89. The topological polar surface area (TPSA) is 41.8 Å². The van der Waals surface area contributed by atoms with Gasteiger partial charge in [0, 0.05) is 5.56 Å². The Labute approximate surface area is 82.0 Å². The molecule has 1 fully saturated rings. The first-order valence-corrected chi connectivity index (χ1v) is 4.50. The minimum atomic E-state index is -0.429. The molecular formula is C10H11NO3. The normalized spacial score (nSPS) is 19.2. The van der Waals surface area contributed by atoms with E-state index in [1.54, 1.807) is 6.92 Å². The minimum absolute atomic E-state index is 0.268. The molecule has 0 spiro atoms. The minimum Gasteiger partial charge on any atom is -0.448 e. The molecule has 1 aromatic rings. The molecule has 1 heterocycles. The van der Waals surface area contributed by atoms with Crippen LogP contribution in [0.25, 0.3) is 0 Å². The van der Waals surface area contributed by atoms with Crippen LogP contribution >= 0.6 is 0 Å². The SMILES string of the molecule is CCOC(=O)N1OC1c1ccccc1. The molecule has 14 heavy (non-hydrogen) atoms. The van der Waals surface area contributed by atoms with E-state index in [9.17, 15) is 4.79 Å². The molecule has 0 bridgehead atoms. The Kier molecular flexibility index (Phi) is 2.37. The van der Waals surface area contributed by atoms with Crippen molar-refractivity contribution in [2.24, 2.45) is 0 Å². The van der Waals surface area contributed by atoms with Crippen molar-refractivity contribution in [3.63, 3.8) is 0 Å². The summed E-state index contributed by atoms with van der Waals surface area (Å²) in [6.45, 7) is 2.12. The van der Waals surface area contributed by atoms with Crippen LogP contribution in [0, 0.1) is 0 Å². The Hall–Kier alpha value is -1.55. The molecule has 1 aliphatic heterocycles. The molecule has 74 valence electrons. The third-order valence-corrected chi connectivity index (χ3v) is 1.91. The lowest BCUT2D eigenvalue weighted by Gasteiger charge is -1.98. The number of amides is 1. The number of hydroxylamine groups is 2. The summed E-state index contributed by atoms with van der Waals surface area (Å²) in [7, 11) is 0. The van der Waals surface area contributed by atoms with Crippen molar-refractivity contribution in [3.8, 4) is 0 Å². The van der Waals surface area contributed by atoms with Gasteiger partial charge in [-0.3, -0.25) is 0 Å².